The number of hydrogen-bond acceptors (Lipinski definition) is 6. The number of likely N-dealkylation sites (tertiary alicyclic amines) is 1. The van der Waals surface area contributed by atoms with Crippen LogP contribution in [0.1, 0.15) is 43.9 Å². The summed E-state index contributed by atoms with van der Waals surface area (Å²) in [6, 6.07) is 13.4. The Balaban J connectivity index is 2.01. The number of esters is 1. The van der Waals surface area contributed by atoms with Crippen molar-refractivity contribution in [2.24, 2.45) is 5.92 Å². The van der Waals surface area contributed by atoms with Gasteiger partial charge in [0.1, 0.15) is 17.5 Å². The van der Waals surface area contributed by atoms with Gasteiger partial charge in [0, 0.05) is 0 Å². The van der Waals surface area contributed by atoms with Crippen LogP contribution in [0.25, 0.3) is 0 Å². The molecule has 2 aromatic carbocycles. The van der Waals surface area contributed by atoms with Gasteiger partial charge >= 0.3 is 5.97 Å². The minimum Gasteiger partial charge on any atom is -0.497 e. The predicted octanol–water partition coefficient (Wildman–Crippen LogP) is 3.34. The van der Waals surface area contributed by atoms with Crippen LogP contribution in [-0.2, 0) is 14.3 Å². The zero-order valence-corrected chi connectivity index (χ0v) is 19.0. The van der Waals surface area contributed by atoms with E-state index >= 15 is 0 Å². The van der Waals surface area contributed by atoms with Gasteiger partial charge in [-0.3, -0.25) is 4.79 Å². The molecule has 1 fully saturated rings. The van der Waals surface area contributed by atoms with Crippen LogP contribution in [0.15, 0.2) is 48.5 Å². The molecule has 0 spiro atoms. The minimum atomic E-state index is -0.963. The molecule has 172 valence electrons. The van der Waals surface area contributed by atoms with Crippen molar-refractivity contribution < 1.29 is 28.9 Å². The van der Waals surface area contributed by atoms with Crippen LogP contribution in [-0.4, -0.2) is 54.9 Å². The molecule has 3 atom stereocenters. The van der Waals surface area contributed by atoms with E-state index < -0.39 is 30.1 Å². The van der Waals surface area contributed by atoms with Crippen molar-refractivity contribution in [1.82, 2.24) is 4.90 Å². The number of aliphatic hydroxyl groups is 1. The Labute approximate surface area is 188 Å². The summed E-state index contributed by atoms with van der Waals surface area (Å²) < 4.78 is 16.0. The van der Waals surface area contributed by atoms with E-state index in [0.717, 1.165) is 24.0 Å². The summed E-state index contributed by atoms with van der Waals surface area (Å²) in [4.78, 5) is 27.7. The summed E-state index contributed by atoms with van der Waals surface area (Å²) in [6.07, 6.45) is 0.669. The van der Waals surface area contributed by atoms with E-state index in [4.69, 9.17) is 14.2 Å². The number of ether oxygens (including phenoxy) is 3. The van der Waals surface area contributed by atoms with E-state index in [9.17, 15) is 14.7 Å². The van der Waals surface area contributed by atoms with Crippen molar-refractivity contribution in [2.45, 2.75) is 44.9 Å². The van der Waals surface area contributed by atoms with E-state index in [1.165, 1.54) is 11.8 Å². The van der Waals surface area contributed by atoms with E-state index in [0.29, 0.717) is 11.5 Å². The summed E-state index contributed by atoms with van der Waals surface area (Å²) in [6.45, 7) is 3.83. The quantitative estimate of drug-likeness (QED) is 0.346. The molecule has 0 aliphatic carbocycles. The highest BCUT2D eigenvalue weighted by molar-refractivity contribution is 5.98. The lowest BCUT2D eigenvalue weighted by Crippen LogP contribution is -2.68. The lowest BCUT2D eigenvalue weighted by Gasteiger charge is -2.50. The van der Waals surface area contributed by atoms with Gasteiger partial charge in [-0.25, -0.2) is 4.79 Å². The summed E-state index contributed by atoms with van der Waals surface area (Å²) in [5, 5.41) is 10.2. The van der Waals surface area contributed by atoms with Gasteiger partial charge < -0.3 is 24.2 Å². The molecule has 0 saturated carbocycles. The molecular formula is C25H31NO6. The van der Waals surface area contributed by atoms with E-state index in [1.54, 1.807) is 14.2 Å². The second kappa shape index (κ2) is 10.5. The van der Waals surface area contributed by atoms with Crippen LogP contribution in [0.4, 0.5) is 0 Å². The molecular weight excluding hydrogens is 410 g/mol. The fourth-order valence-electron chi connectivity index (χ4n) is 4.04. The van der Waals surface area contributed by atoms with E-state index in [2.05, 4.69) is 0 Å². The van der Waals surface area contributed by atoms with Gasteiger partial charge in [0.2, 0.25) is 5.91 Å². The second-order valence-corrected chi connectivity index (χ2v) is 7.93. The number of nitrogens with zero attached hydrogens (tertiary/aromatic N) is 1. The normalized spacial score (nSPS) is 18.8. The van der Waals surface area contributed by atoms with Crippen LogP contribution in [0.5, 0.6) is 11.5 Å². The zero-order chi connectivity index (χ0) is 23.3. The Morgan fingerprint density at radius 2 is 1.50 bits per heavy atom. The number of β-lactam (4-membered cyclic amide) rings is 1. The smallest absolute Gasteiger partial charge is 0.329 e. The van der Waals surface area contributed by atoms with Gasteiger partial charge in [-0.1, -0.05) is 37.6 Å². The third-order valence-electron chi connectivity index (χ3n) is 5.82. The Morgan fingerprint density at radius 3 is 1.91 bits per heavy atom. The van der Waals surface area contributed by atoms with Crippen LogP contribution in [0, 0.1) is 5.92 Å². The fourth-order valence-corrected chi connectivity index (χ4v) is 4.04. The van der Waals surface area contributed by atoms with Crippen molar-refractivity contribution in [2.75, 3.05) is 20.8 Å². The number of unbranched alkanes of at least 4 members (excludes halogenated alkanes) is 1. The summed E-state index contributed by atoms with van der Waals surface area (Å²) in [5.41, 5.74) is 1.64. The van der Waals surface area contributed by atoms with Gasteiger partial charge in [0.05, 0.1) is 38.9 Å². The van der Waals surface area contributed by atoms with Gasteiger partial charge in [-0.15, -0.1) is 0 Å². The highest BCUT2D eigenvalue weighted by atomic mass is 16.5. The number of methoxy groups -OCH3 is 2. The fraction of sp³-hybridized carbons (Fsp3) is 0.440. The lowest BCUT2D eigenvalue weighted by molar-refractivity contribution is -0.183. The number of hydrogen-bond donors (Lipinski definition) is 1. The van der Waals surface area contributed by atoms with Crippen LogP contribution >= 0.6 is 0 Å². The maximum absolute atomic E-state index is 13.2. The molecule has 1 amide bonds. The lowest BCUT2D eigenvalue weighted by atomic mass is 9.79. The maximum atomic E-state index is 13.2. The SMILES string of the molecule is CCCCOC(=O)[C@@H]1[C@H]([C@H](C)O)C(=O)N1C(c1ccc(OC)cc1)c1ccc(OC)cc1. The molecule has 1 aliphatic heterocycles. The number of rotatable bonds is 10. The molecule has 7 heteroatoms. The Bertz CT molecular complexity index is 862. The van der Waals surface area contributed by atoms with Gasteiger partial charge in [-0.2, -0.15) is 0 Å². The monoisotopic (exact) mass is 441 g/mol. The van der Waals surface area contributed by atoms with Crippen LogP contribution < -0.4 is 9.47 Å². The number of carbonyl (C=O) groups is 2. The second-order valence-electron chi connectivity index (χ2n) is 7.93. The van der Waals surface area contributed by atoms with Gasteiger partial charge in [0.15, 0.2) is 0 Å². The first-order valence-electron chi connectivity index (χ1n) is 10.9. The standard InChI is InChI=1S/C25H31NO6/c1-5-6-15-32-25(29)23-21(16(2)27)24(28)26(23)22(17-7-11-19(30-3)12-8-17)18-9-13-20(31-4)14-10-18/h7-14,16,21-23,27H,5-6,15H2,1-4H3/t16-,21-,23-/m0/s1. The third kappa shape index (κ3) is 4.72. The summed E-state index contributed by atoms with van der Waals surface area (Å²) >= 11 is 0. The summed E-state index contributed by atoms with van der Waals surface area (Å²) in [7, 11) is 3.18. The highest BCUT2D eigenvalue weighted by Gasteiger charge is 2.57. The first-order chi connectivity index (χ1) is 15.4. The number of carbonyl (C=O) groups excluding carboxylic acids is 2. The van der Waals surface area contributed by atoms with Crippen LogP contribution in [0.3, 0.4) is 0 Å². The molecule has 1 saturated heterocycles. The first-order valence-corrected chi connectivity index (χ1v) is 10.9. The van der Waals surface area contributed by atoms with Gasteiger partial charge in [-0.05, 0) is 48.7 Å². The number of benzene rings is 2. The van der Waals surface area contributed by atoms with Crippen molar-refractivity contribution in [1.29, 1.82) is 0 Å². The minimum absolute atomic E-state index is 0.283. The third-order valence-corrected chi connectivity index (χ3v) is 5.82. The van der Waals surface area contributed by atoms with Gasteiger partial charge in [0.25, 0.3) is 0 Å². The molecule has 0 unspecified atom stereocenters. The average Bonchev–Trinajstić information content (AvgIpc) is 2.80. The number of aliphatic hydroxyl groups excluding tert-OH is 1. The van der Waals surface area contributed by atoms with Crippen molar-refractivity contribution in [3.05, 3.63) is 59.7 Å². The molecule has 1 N–H and O–H groups in total. The zero-order valence-electron chi connectivity index (χ0n) is 19.0. The van der Waals surface area contributed by atoms with Crippen molar-refractivity contribution in [3.8, 4) is 11.5 Å². The molecule has 0 radical (unpaired) electrons. The maximum Gasteiger partial charge on any atom is 0.329 e. The molecule has 2 aromatic rings. The molecule has 0 bridgehead atoms. The average molecular weight is 442 g/mol. The van der Waals surface area contributed by atoms with Crippen molar-refractivity contribution >= 4 is 11.9 Å². The molecule has 0 aromatic heterocycles. The van der Waals surface area contributed by atoms with E-state index in [-0.39, 0.29) is 12.5 Å². The molecule has 32 heavy (non-hydrogen) atoms. The van der Waals surface area contributed by atoms with Crippen LogP contribution in [0.2, 0.25) is 0 Å². The Hall–Kier alpha value is -3.06. The van der Waals surface area contributed by atoms with Crippen molar-refractivity contribution in [3.63, 3.8) is 0 Å². The molecule has 3 rings (SSSR count). The first kappa shape index (κ1) is 23.6. The predicted molar refractivity (Wildman–Crippen MR) is 120 cm³/mol. The highest BCUT2D eigenvalue weighted by Crippen LogP contribution is 2.42. The molecule has 1 heterocycles. The van der Waals surface area contributed by atoms with E-state index in [1.807, 2.05) is 55.5 Å². The summed E-state index contributed by atoms with van der Waals surface area (Å²) in [5.74, 6) is -0.225. The topological polar surface area (TPSA) is 85.3 Å². The largest absolute Gasteiger partial charge is 0.497 e. The number of amides is 1. The molecule has 7 nitrogen and oxygen atoms in total. The Morgan fingerprint density at radius 1 is 1.00 bits per heavy atom. The Kier molecular flexibility index (Phi) is 7.75. The molecule has 1 aliphatic rings.